The van der Waals surface area contributed by atoms with E-state index in [1.54, 1.807) is 4.90 Å². The molecule has 1 saturated heterocycles. The number of aliphatic hydroxyl groups is 1. The van der Waals surface area contributed by atoms with Gasteiger partial charge in [0.15, 0.2) is 0 Å². The Bertz CT molecular complexity index is 259. The zero-order valence-corrected chi connectivity index (χ0v) is 9.95. The smallest absolute Gasteiger partial charge is 0.410 e. The molecular formula is C12H21NO3. The van der Waals surface area contributed by atoms with Crippen molar-refractivity contribution in [3.8, 4) is 0 Å². The number of cyclic esters (lactones) is 1. The number of rotatable bonds is 3. The summed E-state index contributed by atoms with van der Waals surface area (Å²) in [6, 6.07) is 0. The highest BCUT2D eigenvalue weighted by molar-refractivity contribution is 5.69. The van der Waals surface area contributed by atoms with Crippen LogP contribution in [0.1, 0.15) is 39.0 Å². The molecule has 1 aliphatic heterocycles. The maximum atomic E-state index is 11.3. The summed E-state index contributed by atoms with van der Waals surface area (Å²) in [7, 11) is 0. The van der Waals surface area contributed by atoms with E-state index in [9.17, 15) is 9.90 Å². The zero-order chi connectivity index (χ0) is 11.6. The molecule has 1 aliphatic carbocycles. The summed E-state index contributed by atoms with van der Waals surface area (Å²) in [6.45, 7) is 3.74. The second kappa shape index (κ2) is 4.62. The lowest BCUT2D eigenvalue weighted by atomic mass is 9.77. The molecule has 2 aliphatic rings. The highest BCUT2D eigenvalue weighted by Crippen LogP contribution is 2.34. The Morgan fingerprint density at radius 3 is 2.69 bits per heavy atom. The number of ether oxygens (including phenoxy) is 1. The Balaban J connectivity index is 1.86. The molecule has 0 aromatic heterocycles. The molecule has 2 rings (SSSR count). The van der Waals surface area contributed by atoms with Crippen LogP contribution in [0.5, 0.6) is 0 Å². The van der Waals surface area contributed by atoms with Crippen molar-refractivity contribution < 1.29 is 14.6 Å². The van der Waals surface area contributed by atoms with Gasteiger partial charge in [0.25, 0.3) is 0 Å². The number of amides is 1. The fourth-order valence-electron chi connectivity index (χ4n) is 2.71. The predicted octanol–water partition coefficient (Wildman–Crippen LogP) is 1.77. The van der Waals surface area contributed by atoms with Crippen molar-refractivity contribution in [2.75, 3.05) is 19.7 Å². The maximum absolute atomic E-state index is 11.3. The van der Waals surface area contributed by atoms with Crippen LogP contribution in [0.25, 0.3) is 0 Å². The summed E-state index contributed by atoms with van der Waals surface area (Å²) in [4.78, 5) is 12.9. The van der Waals surface area contributed by atoms with E-state index < -0.39 is 5.60 Å². The van der Waals surface area contributed by atoms with Gasteiger partial charge in [-0.15, -0.1) is 0 Å². The van der Waals surface area contributed by atoms with E-state index in [0.717, 1.165) is 31.6 Å². The Hall–Kier alpha value is -0.770. The van der Waals surface area contributed by atoms with E-state index in [2.05, 4.69) is 6.92 Å². The van der Waals surface area contributed by atoms with Crippen LogP contribution in [0.15, 0.2) is 0 Å². The van der Waals surface area contributed by atoms with Crippen LogP contribution in [0.2, 0.25) is 0 Å². The van der Waals surface area contributed by atoms with E-state index in [0.29, 0.717) is 19.7 Å². The minimum absolute atomic E-state index is 0.272. The molecule has 0 aromatic rings. The van der Waals surface area contributed by atoms with Gasteiger partial charge < -0.3 is 14.7 Å². The molecule has 1 heterocycles. The molecule has 0 spiro atoms. The Labute approximate surface area is 96.6 Å². The van der Waals surface area contributed by atoms with Gasteiger partial charge in [0.2, 0.25) is 0 Å². The first kappa shape index (κ1) is 11.7. The van der Waals surface area contributed by atoms with Gasteiger partial charge in [-0.1, -0.05) is 13.3 Å². The number of carbonyl (C=O) groups is 1. The van der Waals surface area contributed by atoms with Crippen LogP contribution in [0, 0.1) is 5.92 Å². The largest absolute Gasteiger partial charge is 0.448 e. The molecule has 4 nitrogen and oxygen atoms in total. The van der Waals surface area contributed by atoms with Gasteiger partial charge in [0.1, 0.15) is 6.61 Å². The first-order chi connectivity index (χ1) is 7.63. The van der Waals surface area contributed by atoms with Crippen LogP contribution in [-0.2, 0) is 4.74 Å². The van der Waals surface area contributed by atoms with Gasteiger partial charge in [0, 0.05) is 0 Å². The van der Waals surface area contributed by atoms with Gasteiger partial charge in [0.05, 0.1) is 18.7 Å². The van der Waals surface area contributed by atoms with Gasteiger partial charge in [-0.25, -0.2) is 4.79 Å². The average Bonchev–Trinajstić information content (AvgIpc) is 2.65. The summed E-state index contributed by atoms with van der Waals surface area (Å²) in [6.07, 6.45) is 4.71. The van der Waals surface area contributed by atoms with Crippen molar-refractivity contribution >= 4 is 6.09 Å². The topological polar surface area (TPSA) is 49.8 Å². The van der Waals surface area contributed by atoms with Crippen molar-refractivity contribution in [3.05, 3.63) is 0 Å². The minimum Gasteiger partial charge on any atom is -0.448 e. The number of nitrogens with zero attached hydrogens (tertiary/aromatic N) is 1. The molecule has 0 unspecified atom stereocenters. The van der Waals surface area contributed by atoms with Crippen LogP contribution in [0.3, 0.4) is 0 Å². The molecule has 0 bridgehead atoms. The van der Waals surface area contributed by atoms with E-state index in [4.69, 9.17) is 4.74 Å². The molecule has 92 valence electrons. The average molecular weight is 227 g/mol. The lowest BCUT2D eigenvalue weighted by Gasteiger charge is -2.37. The summed E-state index contributed by atoms with van der Waals surface area (Å²) < 4.78 is 4.87. The Morgan fingerprint density at radius 2 is 2.19 bits per heavy atom. The van der Waals surface area contributed by atoms with Crippen LogP contribution in [0.4, 0.5) is 4.79 Å². The zero-order valence-electron chi connectivity index (χ0n) is 9.95. The summed E-state index contributed by atoms with van der Waals surface area (Å²) >= 11 is 0. The quantitative estimate of drug-likeness (QED) is 0.799. The van der Waals surface area contributed by atoms with Crippen LogP contribution in [-0.4, -0.2) is 41.4 Å². The van der Waals surface area contributed by atoms with E-state index in [1.165, 1.54) is 6.42 Å². The lowest BCUT2D eigenvalue weighted by Crippen LogP contribution is -2.45. The molecular weight excluding hydrogens is 206 g/mol. The highest BCUT2D eigenvalue weighted by Gasteiger charge is 2.37. The fourth-order valence-corrected chi connectivity index (χ4v) is 2.71. The number of carbonyl (C=O) groups excluding carboxylic acids is 1. The van der Waals surface area contributed by atoms with Crippen LogP contribution < -0.4 is 0 Å². The molecule has 2 fully saturated rings. The van der Waals surface area contributed by atoms with E-state index in [-0.39, 0.29) is 6.09 Å². The van der Waals surface area contributed by atoms with Gasteiger partial charge in [-0.3, -0.25) is 0 Å². The van der Waals surface area contributed by atoms with Crippen molar-refractivity contribution in [1.29, 1.82) is 0 Å². The third kappa shape index (κ3) is 2.48. The third-order valence-electron chi connectivity index (χ3n) is 3.94. The first-order valence-corrected chi connectivity index (χ1v) is 6.27. The molecule has 4 heteroatoms. The number of hydrogen-bond acceptors (Lipinski definition) is 3. The van der Waals surface area contributed by atoms with Crippen molar-refractivity contribution in [1.82, 2.24) is 4.90 Å². The molecule has 0 atom stereocenters. The summed E-state index contributed by atoms with van der Waals surface area (Å²) in [5.74, 6) is 0.755. The molecule has 16 heavy (non-hydrogen) atoms. The molecule has 1 N–H and O–H groups in total. The number of β-amino-alcohol motifs (C(OH)–C–C–N with tert-alkyl or cyclic N) is 1. The lowest BCUT2D eigenvalue weighted by molar-refractivity contribution is -0.0272. The molecule has 1 saturated carbocycles. The minimum atomic E-state index is -0.672. The number of hydrogen-bond donors (Lipinski definition) is 1. The SMILES string of the molecule is CCC1CCC(O)(CN2CCOC2=O)CC1. The fraction of sp³-hybridized carbons (Fsp3) is 0.917. The molecule has 0 aromatic carbocycles. The van der Waals surface area contributed by atoms with Crippen molar-refractivity contribution in [2.45, 2.75) is 44.6 Å². The molecule has 1 amide bonds. The standard InChI is InChI=1S/C12H21NO3/c1-2-10-3-5-12(15,6-4-10)9-13-7-8-16-11(13)14/h10,15H,2-9H2,1H3. The normalized spacial score (nSPS) is 35.2. The predicted molar refractivity (Wildman–Crippen MR) is 60.1 cm³/mol. The molecule has 0 radical (unpaired) electrons. The van der Waals surface area contributed by atoms with Crippen LogP contribution >= 0.6 is 0 Å². The summed E-state index contributed by atoms with van der Waals surface area (Å²) in [5.41, 5.74) is -0.672. The maximum Gasteiger partial charge on any atom is 0.410 e. The van der Waals surface area contributed by atoms with Gasteiger partial charge >= 0.3 is 6.09 Å². The summed E-state index contributed by atoms with van der Waals surface area (Å²) in [5, 5.41) is 10.4. The highest BCUT2D eigenvalue weighted by atomic mass is 16.6. The monoisotopic (exact) mass is 227 g/mol. The van der Waals surface area contributed by atoms with Crippen molar-refractivity contribution in [2.24, 2.45) is 5.92 Å². The van der Waals surface area contributed by atoms with Crippen molar-refractivity contribution in [3.63, 3.8) is 0 Å². The second-order valence-electron chi connectivity index (χ2n) is 5.11. The third-order valence-corrected chi connectivity index (χ3v) is 3.94. The Kier molecular flexibility index (Phi) is 3.38. The second-order valence-corrected chi connectivity index (χ2v) is 5.11. The van der Waals surface area contributed by atoms with Gasteiger partial charge in [-0.05, 0) is 31.6 Å². The first-order valence-electron chi connectivity index (χ1n) is 6.27. The van der Waals surface area contributed by atoms with E-state index in [1.807, 2.05) is 0 Å². The Morgan fingerprint density at radius 1 is 1.50 bits per heavy atom. The van der Waals surface area contributed by atoms with E-state index >= 15 is 0 Å². The van der Waals surface area contributed by atoms with Gasteiger partial charge in [-0.2, -0.15) is 0 Å².